The molecule has 0 atom stereocenters. The third-order valence-corrected chi connectivity index (χ3v) is 2.42. The zero-order valence-corrected chi connectivity index (χ0v) is 11.5. The Bertz CT molecular complexity index is 352. The van der Waals surface area contributed by atoms with E-state index >= 15 is 0 Å². The summed E-state index contributed by atoms with van der Waals surface area (Å²) in [5.41, 5.74) is 0.571. The van der Waals surface area contributed by atoms with Crippen LogP contribution in [0.3, 0.4) is 0 Å². The highest BCUT2D eigenvalue weighted by molar-refractivity contribution is 5.85. The van der Waals surface area contributed by atoms with Gasteiger partial charge in [-0.25, -0.2) is 0 Å². The largest absolute Gasteiger partial charge is 0.347 e. The molecule has 4 nitrogen and oxygen atoms in total. The van der Waals surface area contributed by atoms with E-state index in [4.69, 9.17) is 0 Å². The summed E-state index contributed by atoms with van der Waals surface area (Å²) in [4.78, 5) is 17.4. The summed E-state index contributed by atoms with van der Waals surface area (Å²) in [6.07, 6.45) is 3.50. The van der Waals surface area contributed by atoms with Gasteiger partial charge in [-0.3, -0.25) is 15.1 Å². The predicted octanol–water partition coefficient (Wildman–Crippen LogP) is 1.46. The fourth-order valence-electron chi connectivity index (χ4n) is 1.46. The molecule has 1 aromatic rings. The van der Waals surface area contributed by atoms with Gasteiger partial charge < -0.3 is 4.90 Å². The predicted molar refractivity (Wildman–Crippen MR) is 71.1 cm³/mol. The number of rotatable bonds is 4. The van der Waals surface area contributed by atoms with Crippen molar-refractivity contribution in [3.8, 4) is 0 Å². The highest BCUT2D eigenvalue weighted by Gasteiger charge is 2.28. The first-order valence-corrected chi connectivity index (χ1v) is 5.29. The molecule has 0 spiro atoms. The molecule has 1 rings (SSSR count). The Kier molecular flexibility index (Phi) is 6.13. The highest BCUT2D eigenvalue weighted by Crippen LogP contribution is 2.07. The molecule has 0 radical (unpaired) electrons. The summed E-state index contributed by atoms with van der Waals surface area (Å²) in [5.74, 6) is 0.0709. The van der Waals surface area contributed by atoms with Crippen LogP contribution < -0.4 is 5.32 Å². The number of nitrogens with zero attached hydrogens (tertiary/aromatic N) is 2. The molecule has 0 bridgehead atoms. The van der Waals surface area contributed by atoms with E-state index in [1.807, 2.05) is 26.0 Å². The molecule has 0 aliphatic heterocycles. The second kappa shape index (κ2) is 6.57. The maximum absolute atomic E-state index is 11.8. The lowest BCUT2D eigenvalue weighted by atomic mass is 10.0. The number of hydrogen-bond donors (Lipinski definition) is 1. The van der Waals surface area contributed by atoms with Gasteiger partial charge in [0, 0.05) is 33.0 Å². The van der Waals surface area contributed by atoms with Crippen molar-refractivity contribution < 1.29 is 4.79 Å². The topological polar surface area (TPSA) is 45.2 Å². The molecule has 17 heavy (non-hydrogen) atoms. The van der Waals surface area contributed by atoms with Gasteiger partial charge in [-0.1, -0.05) is 0 Å². The van der Waals surface area contributed by atoms with Crippen LogP contribution in [0.1, 0.15) is 19.4 Å². The van der Waals surface area contributed by atoms with Gasteiger partial charge in [0.2, 0.25) is 5.91 Å². The van der Waals surface area contributed by atoms with Crippen LogP contribution >= 0.6 is 12.4 Å². The van der Waals surface area contributed by atoms with Crippen molar-refractivity contribution in [3.05, 3.63) is 30.1 Å². The average Bonchev–Trinajstić information content (AvgIpc) is 2.27. The van der Waals surface area contributed by atoms with Crippen LogP contribution in [0.15, 0.2) is 24.5 Å². The van der Waals surface area contributed by atoms with Crippen LogP contribution in [-0.4, -0.2) is 35.4 Å². The van der Waals surface area contributed by atoms with Gasteiger partial charge >= 0.3 is 0 Å². The first-order valence-electron chi connectivity index (χ1n) is 5.29. The van der Waals surface area contributed by atoms with E-state index in [0.717, 1.165) is 5.56 Å². The fraction of sp³-hybridized carbons (Fsp3) is 0.500. The van der Waals surface area contributed by atoms with Gasteiger partial charge in [-0.2, -0.15) is 0 Å². The van der Waals surface area contributed by atoms with Gasteiger partial charge in [-0.05, 0) is 31.5 Å². The van der Waals surface area contributed by atoms with Crippen molar-refractivity contribution in [1.29, 1.82) is 0 Å². The zero-order valence-electron chi connectivity index (χ0n) is 10.7. The summed E-state index contributed by atoms with van der Waals surface area (Å²) in [7, 11) is 3.52. The number of amides is 1. The van der Waals surface area contributed by atoms with E-state index in [9.17, 15) is 4.79 Å². The van der Waals surface area contributed by atoms with Gasteiger partial charge in [-0.15, -0.1) is 12.4 Å². The summed E-state index contributed by atoms with van der Waals surface area (Å²) in [5, 5.41) is 3.24. The Hall–Kier alpha value is -1.13. The number of pyridine rings is 1. The van der Waals surface area contributed by atoms with Crippen molar-refractivity contribution in [2.24, 2.45) is 0 Å². The van der Waals surface area contributed by atoms with Crippen LogP contribution in [0.5, 0.6) is 0 Å². The average molecular weight is 258 g/mol. The number of nitrogens with one attached hydrogen (secondary N) is 1. The third kappa shape index (κ3) is 4.71. The SMILES string of the molecule is CN(C)C(=O)C(C)(C)NCc1ccncc1.Cl. The third-order valence-electron chi connectivity index (χ3n) is 2.42. The smallest absolute Gasteiger partial charge is 0.241 e. The number of carbonyl (C=O) groups is 1. The quantitative estimate of drug-likeness (QED) is 0.888. The lowest BCUT2D eigenvalue weighted by Gasteiger charge is -2.28. The van der Waals surface area contributed by atoms with Crippen molar-refractivity contribution in [1.82, 2.24) is 15.2 Å². The second-order valence-corrected chi connectivity index (χ2v) is 4.53. The number of likely N-dealkylation sites (N-methyl/N-ethyl adjacent to an activating group) is 1. The second-order valence-electron chi connectivity index (χ2n) is 4.53. The monoisotopic (exact) mass is 257 g/mol. The molecule has 0 aliphatic rings. The Balaban J connectivity index is 0.00000256. The lowest BCUT2D eigenvalue weighted by Crippen LogP contribution is -2.51. The molecule has 96 valence electrons. The molecule has 0 aliphatic carbocycles. The number of carbonyl (C=O) groups excluding carboxylic acids is 1. The molecule has 0 saturated heterocycles. The lowest BCUT2D eigenvalue weighted by molar-refractivity contribution is -0.134. The van der Waals surface area contributed by atoms with E-state index in [1.54, 1.807) is 31.4 Å². The molecule has 1 heterocycles. The molecular weight excluding hydrogens is 238 g/mol. The van der Waals surface area contributed by atoms with Crippen LogP contribution in [0.4, 0.5) is 0 Å². The summed E-state index contributed by atoms with van der Waals surface area (Å²) in [6, 6.07) is 3.87. The summed E-state index contributed by atoms with van der Waals surface area (Å²) < 4.78 is 0. The van der Waals surface area contributed by atoms with Crippen LogP contribution in [0.25, 0.3) is 0 Å². The van der Waals surface area contributed by atoms with Gasteiger partial charge in [0.15, 0.2) is 0 Å². The molecule has 1 N–H and O–H groups in total. The van der Waals surface area contributed by atoms with E-state index in [1.165, 1.54) is 0 Å². The summed E-state index contributed by atoms with van der Waals surface area (Å²) in [6.45, 7) is 4.43. The van der Waals surface area contributed by atoms with Crippen LogP contribution in [0, 0.1) is 0 Å². The molecule has 0 saturated carbocycles. The fourth-order valence-corrected chi connectivity index (χ4v) is 1.46. The molecular formula is C12H20ClN3O. The minimum Gasteiger partial charge on any atom is -0.347 e. The Morgan fingerprint density at radius 1 is 1.35 bits per heavy atom. The minimum absolute atomic E-state index is 0. The number of hydrogen-bond acceptors (Lipinski definition) is 3. The maximum Gasteiger partial charge on any atom is 0.241 e. The van der Waals surface area contributed by atoms with Crippen molar-refractivity contribution >= 4 is 18.3 Å². The first-order chi connectivity index (χ1) is 7.43. The molecule has 5 heteroatoms. The molecule has 1 aromatic heterocycles. The molecule has 0 aromatic carbocycles. The first kappa shape index (κ1) is 15.9. The zero-order chi connectivity index (χ0) is 12.2. The van der Waals surface area contributed by atoms with Crippen molar-refractivity contribution in [2.45, 2.75) is 25.9 Å². The number of halogens is 1. The minimum atomic E-state index is -0.549. The normalized spacial score (nSPS) is 10.6. The van der Waals surface area contributed by atoms with Crippen LogP contribution in [0.2, 0.25) is 0 Å². The highest BCUT2D eigenvalue weighted by atomic mass is 35.5. The van der Waals surface area contributed by atoms with Gasteiger partial charge in [0.1, 0.15) is 0 Å². The van der Waals surface area contributed by atoms with Gasteiger partial charge in [0.05, 0.1) is 5.54 Å². The molecule has 1 amide bonds. The molecule has 0 fully saturated rings. The maximum atomic E-state index is 11.8. The van der Waals surface area contributed by atoms with Gasteiger partial charge in [0.25, 0.3) is 0 Å². The Labute approximate surface area is 109 Å². The molecule has 0 unspecified atom stereocenters. The van der Waals surface area contributed by atoms with E-state index in [-0.39, 0.29) is 18.3 Å². The number of aromatic nitrogens is 1. The standard InChI is InChI=1S/C12H19N3O.ClH/c1-12(2,11(16)15(3)4)14-9-10-5-7-13-8-6-10;/h5-8,14H,9H2,1-4H3;1H. The van der Waals surface area contributed by atoms with E-state index in [0.29, 0.717) is 6.54 Å². The van der Waals surface area contributed by atoms with E-state index in [2.05, 4.69) is 10.3 Å². The van der Waals surface area contributed by atoms with Crippen molar-refractivity contribution in [2.75, 3.05) is 14.1 Å². The van der Waals surface area contributed by atoms with Crippen LogP contribution in [-0.2, 0) is 11.3 Å². The van der Waals surface area contributed by atoms with Crippen molar-refractivity contribution in [3.63, 3.8) is 0 Å². The van der Waals surface area contributed by atoms with E-state index < -0.39 is 5.54 Å². The summed E-state index contributed by atoms with van der Waals surface area (Å²) >= 11 is 0. The Morgan fingerprint density at radius 2 is 1.88 bits per heavy atom. The Morgan fingerprint density at radius 3 is 2.35 bits per heavy atom.